The molecule has 6 nitrogen and oxygen atoms in total. The van der Waals surface area contributed by atoms with Gasteiger partial charge >= 0.3 is 0 Å². The van der Waals surface area contributed by atoms with Gasteiger partial charge < -0.3 is 19.4 Å². The van der Waals surface area contributed by atoms with E-state index in [1.807, 2.05) is 24.8 Å². The lowest BCUT2D eigenvalue weighted by molar-refractivity contribution is -0.135. The number of furan rings is 1. The van der Waals surface area contributed by atoms with Crippen LogP contribution in [-0.2, 0) is 9.53 Å². The summed E-state index contributed by atoms with van der Waals surface area (Å²) in [4.78, 5) is 27.1. The van der Waals surface area contributed by atoms with Gasteiger partial charge in [0.15, 0.2) is 0 Å². The van der Waals surface area contributed by atoms with Crippen molar-refractivity contribution in [2.45, 2.75) is 46.1 Å². The molecule has 1 aliphatic heterocycles. The van der Waals surface area contributed by atoms with Crippen molar-refractivity contribution in [3.05, 3.63) is 34.3 Å². The van der Waals surface area contributed by atoms with Gasteiger partial charge in [0, 0.05) is 24.2 Å². The van der Waals surface area contributed by atoms with E-state index in [9.17, 15) is 9.59 Å². The number of rotatable bonds is 4. The number of nitrogens with zero attached hydrogens (tertiary/aromatic N) is 1. The Morgan fingerprint density at radius 3 is 2.72 bits per heavy atom. The van der Waals surface area contributed by atoms with Crippen LogP contribution in [0.1, 0.15) is 46.7 Å². The van der Waals surface area contributed by atoms with Gasteiger partial charge in [-0.2, -0.15) is 0 Å². The number of morpholine rings is 1. The Bertz CT molecular complexity index is 705. The Morgan fingerprint density at radius 1 is 1.28 bits per heavy atom. The molecule has 1 unspecified atom stereocenters. The number of carbonyl (C=O) groups excluding carboxylic acids is 2. The summed E-state index contributed by atoms with van der Waals surface area (Å²) >= 11 is 0. The zero-order valence-corrected chi connectivity index (χ0v) is 15.2. The summed E-state index contributed by atoms with van der Waals surface area (Å²) in [6.45, 7) is 7.46. The van der Waals surface area contributed by atoms with Gasteiger partial charge in [-0.05, 0) is 40.0 Å². The van der Waals surface area contributed by atoms with Crippen molar-refractivity contribution in [3.8, 4) is 0 Å². The van der Waals surface area contributed by atoms with E-state index in [1.165, 1.54) is 0 Å². The molecule has 136 valence electrons. The smallest absolute Gasteiger partial charge is 0.255 e. The molecule has 3 rings (SSSR count). The Kier molecular flexibility index (Phi) is 5.27. The third-order valence-electron chi connectivity index (χ3n) is 5.09. The monoisotopic (exact) mass is 346 g/mol. The molecule has 0 saturated carbocycles. The van der Waals surface area contributed by atoms with Crippen molar-refractivity contribution >= 4 is 11.8 Å². The number of carbonyl (C=O) groups is 2. The fourth-order valence-electron chi connectivity index (χ4n) is 3.57. The van der Waals surface area contributed by atoms with Crippen LogP contribution in [0.3, 0.4) is 0 Å². The molecule has 0 bridgehead atoms. The maximum absolute atomic E-state index is 12.7. The Balaban J connectivity index is 1.65. The second-order valence-electron chi connectivity index (χ2n) is 6.77. The maximum atomic E-state index is 12.7. The van der Waals surface area contributed by atoms with E-state index in [4.69, 9.17) is 9.15 Å². The molecule has 2 heterocycles. The number of allylic oxidation sites excluding steroid dienone is 1. The molecule has 6 heteroatoms. The standard InChI is InChI=1S/C19H26N2O4/c1-12-13(2)25-14(3)17(12)18(22)20-10-16-11-24-9-8-21(16)19(23)15-6-4-5-7-15/h6,16H,4-5,7-11H2,1-3H3,(H,20,22). The van der Waals surface area contributed by atoms with Gasteiger partial charge in [-0.3, -0.25) is 9.59 Å². The van der Waals surface area contributed by atoms with E-state index in [-0.39, 0.29) is 17.9 Å². The predicted molar refractivity (Wildman–Crippen MR) is 93.5 cm³/mol. The summed E-state index contributed by atoms with van der Waals surface area (Å²) in [5.41, 5.74) is 2.35. The van der Waals surface area contributed by atoms with Crippen LogP contribution in [0.25, 0.3) is 0 Å². The van der Waals surface area contributed by atoms with Crippen molar-refractivity contribution in [2.75, 3.05) is 26.3 Å². The third-order valence-corrected chi connectivity index (χ3v) is 5.09. The van der Waals surface area contributed by atoms with Gasteiger partial charge in [0.1, 0.15) is 11.5 Å². The lowest BCUT2D eigenvalue weighted by Gasteiger charge is -2.36. The highest BCUT2D eigenvalue weighted by atomic mass is 16.5. The molecule has 2 amide bonds. The molecular formula is C19H26N2O4. The fraction of sp³-hybridized carbons (Fsp3) is 0.579. The van der Waals surface area contributed by atoms with Crippen LogP contribution in [-0.4, -0.2) is 49.1 Å². The van der Waals surface area contributed by atoms with Crippen LogP contribution in [0.2, 0.25) is 0 Å². The van der Waals surface area contributed by atoms with E-state index in [0.29, 0.717) is 37.6 Å². The zero-order chi connectivity index (χ0) is 18.0. The largest absolute Gasteiger partial charge is 0.466 e. The number of hydrogen-bond acceptors (Lipinski definition) is 4. The number of ether oxygens (including phenoxy) is 1. The number of hydrogen-bond donors (Lipinski definition) is 1. The lowest BCUT2D eigenvalue weighted by Crippen LogP contribution is -2.53. The zero-order valence-electron chi connectivity index (χ0n) is 15.2. The highest BCUT2D eigenvalue weighted by Gasteiger charge is 2.30. The molecule has 0 radical (unpaired) electrons. The van der Waals surface area contributed by atoms with Crippen LogP contribution in [0.5, 0.6) is 0 Å². The van der Waals surface area contributed by atoms with E-state index in [2.05, 4.69) is 5.32 Å². The summed E-state index contributed by atoms with van der Waals surface area (Å²) in [5.74, 6) is 1.31. The average molecular weight is 346 g/mol. The fourth-order valence-corrected chi connectivity index (χ4v) is 3.57. The number of aryl methyl sites for hydroxylation is 2. The lowest BCUT2D eigenvalue weighted by atomic mass is 10.1. The van der Waals surface area contributed by atoms with Gasteiger partial charge in [-0.15, -0.1) is 0 Å². The minimum Gasteiger partial charge on any atom is -0.466 e. The topological polar surface area (TPSA) is 71.8 Å². The third kappa shape index (κ3) is 3.63. The SMILES string of the molecule is Cc1oc(C)c(C(=O)NCC2COCCN2C(=O)C2=CCCC2)c1C. The quantitative estimate of drug-likeness (QED) is 0.908. The minimum atomic E-state index is -0.162. The molecule has 1 fully saturated rings. The van der Waals surface area contributed by atoms with Crippen molar-refractivity contribution < 1.29 is 18.7 Å². The van der Waals surface area contributed by atoms with E-state index >= 15 is 0 Å². The summed E-state index contributed by atoms with van der Waals surface area (Å²) in [6, 6.07) is -0.139. The van der Waals surface area contributed by atoms with Crippen LogP contribution in [0, 0.1) is 20.8 Å². The molecule has 1 aromatic rings. The summed E-state index contributed by atoms with van der Waals surface area (Å²) in [6.07, 6.45) is 4.91. The molecule has 1 aliphatic carbocycles. The molecule has 1 N–H and O–H groups in total. The Labute approximate surface area is 148 Å². The van der Waals surface area contributed by atoms with Crippen molar-refractivity contribution in [1.29, 1.82) is 0 Å². The molecule has 1 saturated heterocycles. The highest BCUT2D eigenvalue weighted by Crippen LogP contribution is 2.23. The van der Waals surface area contributed by atoms with Gasteiger partial charge in [0.2, 0.25) is 5.91 Å². The Morgan fingerprint density at radius 2 is 2.08 bits per heavy atom. The summed E-state index contributed by atoms with van der Waals surface area (Å²) in [5, 5.41) is 2.95. The second-order valence-corrected chi connectivity index (χ2v) is 6.77. The van der Waals surface area contributed by atoms with Gasteiger partial charge in [0.25, 0.3) is 5.91 Å². The van der Waals surface area contributed by atoms with Crippen LogP contribution >= 0.6 is 0 Å². The maximum Gasteiger partial charge on any atom is 0.255 e. The first-order chi connectivity index (χ1) is 12.0. The number of nitrogens with one attached hydrogen (secondary N) is 1. The predicted octanol–water partition coefficient (Wildman–Crippen LogP) is 2.27. The molecule has 1 atom stereocenters. The average Bonchev–Trinajstić information content (AvgIpc) is 3.21. The molecular weight excluding hydrogens is 320 g/mol. The first-order valence-corrected chi connectivity index (χ1v) is 8.91. The molecule has 25 heavy (non-hydrogen) atoms. The van der Waals surface area contributed by atoms with Crippen LogP contribution in [0.4, 0.5) is 0 Å². The van der Waals surface area contributed by atoms with Crippen molar-refractivity contribution in [2.24, 2.45) is 0 Å². The van der Waals surface area contributed by atoms with E-state index in [1.54, 1.807) is 6.92 Å². The molecule has 0 aromatic carbocycles. The molecule has 1 aromatic heterocycles. The minimum absolute atomic E-state index is 0.0894. The first kappa shape index (κ1) is 17.7. The van der Waals surface area contributed by atoms with Gasteiger partial charge in [-0.25, -0.2) is 0 Å². The first-order valence-electron chi connectivity index (χ1n) is 8.91. The summed E-state index contributed by atoms with van der Waals surface area (Å²) < 4.78 is 11.1. The normalized spacial score (nSPS) is 20.5. The van der Waals surface area contributed by atoms with E-state index in [0.717, 1.165) is 36.2 Å². The second kappa shape index (κ2) is 7.44. The van der Waals surface area contributed by atoms with Crippen LogP contribution in [0.15, 0.2) is 16.1 Å². The Hall–Kier alpha value is -2.08. The van der Waals surface area contributed by atoms with Crippen molar-refractivity contribution in [1.82, 2.24) is 10.2 Å². The highest BCUT2D eigenvalue weighted by molar-refractivity contribution is 5.97. The van der Waals surface area contributed by atoms with Gasteiger partial charge in [-0.1, -0.05) is 6.08 Å². The van der Waals surface area contributed by atoms with Gasteiger partial charge in [0.05, 0.1) is 24.8 Å². The van der Waals surface area contributed by atoms with Crippen LogP contribution < -0.4 is 5.32 Å². The summed E-state index contributed by atoms with van der Waals surface area (Å²) in [7, 11) is 0. The number of amides is 2. The van der Waals surface area contributed by atoms with Crippen molar-refractivity contribution in [3.63, 3.8) is 0 Å². The molecule has 0 spiro atoms. The van der Waals surface area contributed by atoms with E-state index < -0.39 is 0 Å². The molecule has 2 aliphatic rings.